The van der Waals surface area contributed by atoms with Crippen molar-refractivity contribution in [1.29, 1.82) is 0 Å². The molecule has 0 radical (unpaired) electrons. The van der Waals surface area contributed by atoms with Gasteiger partial charge in [0.2, 0.25) is 10.0 Å². The summed E-state index contributed by atoms with van der Waals surface area (Å²) in [6, 6.07) is 5.47. The van der Waals surface area contributed by atoms with E-state index in [2.05, 4.69) is 5.32 Å². The van der Waals surface area contributed by atoms with Gasteiger partial charge in [0.05, 0.1) is 15.5 Å². The molecule has 0 aromatic heterocycles. The molecule has 1 aromatic carbocycles. The molecule has 8 heteroatoms. The molecule has 0 bridgehead atoms. The van der Waals surface area contributed by atoms with Crippen LogP contribution in [0.25, 0.3) is 0 Å². The van der Waals surface area contributed by atoms with Crippen LogP contribution in [0.5, 0.6) is 0 Å². The average Bonchev–Trinajstić information content (AvgIpc) is 3.00. The monoisotopic (exact) mass is 332 g/mol. The molecule has 1 aromatic rings. The first-order valence-corrected chi connectivity index (χ1v) is 9.90. The fourth-order valence-corrected chi connectivity index (χ4v) is 4.74. The van der Waals surface area contributed by atoms with Gasteiger partial charge in [-0.1, -0.05) is 13.0 Å². The van der Waals surface area contributed by atoms with Gasteiger partial charge < -0.3 is 5.32 Å². The van der Waals surface area contributed by atoms with Crippen LogP contribution in [0.15, 0.2) is 34.1 Å². The number of nitrogens with zero attached hydrogens (tertiary/aromatic N) is 1. The number of sulfone groups is 1. The van der Waals surface area contributed by atoms with Crippen molar-refractivity contribution in [2.24, 2.45) is 0 Å². The predicted octanol–water partition coefficient (Wildman–Crippen LogP) is 0.463. The quantitative estimate of drug-likeness (QED) is 0.847. The number of rotatable bonds is 5. The second-order valence-corrected chi connectivity index (χ2v) is 9.32. The number of hydrogen-bond acceptors (Lipinski definition) is 5. The maximum atomic E-state index is 12.6. The minimum atomic E-state index is -3.68. The summed E-state index contributed by atoms with van der Waals surface area (Å²) < 4.78 is 50.3. The summed E-state index contributed by atoms with van der Waals surface area (Å²) >= 11 is 0. The smallest absolute Gasteiger partial charge is 0.243 e. The molecule has 1 atom stereocenters. The number of benzene rings is 1. The zero-order valence-corrected chi connectivity index (χ0v) is 13.7. The fraction of sp³-hybridized carbons (Fsp3) is 0.538. The van der Waals surface area contributed by atoms with E-state index in [0.717, 1.165) is 13.0 Å². The summed E-state index contributed by atoms with van der Waals surface area (Å²) in [7, 11) is -5.57. The van der Waals surface area contributed by atoms with Crippen LogP contribution in [0, 0.1) is 0 Å². The average molecular weight is 332 g/mol. The molecule has 1 N–H and O–H groups in total. The van der Waals surface area contributed by atoms with Gasteiger partial charge >= 0.3 is 0 Å². The van der Waals surface area contributed by atoms with Gasteiger partial charge in [0, 0.05) is 19.6 Å². The molecule has 118 valence electrons. The first kappa shape index (κ1) is 16.4. The van der Waals surface area contributed by atoms with Crippen molar-refractivity contribution >= 4 is 19.9 Å². The molecule has 1 heterocycles. The highest BCUT2D eigenvalue weighted by Crippen LogP contribution is 2.22. The van der Waals surface area contributed by atoms with Crippen LogP contribution in [0.1, 0.15) is 13.3 Å². The number of nitrogens with one attached hydrogen (secondary N) is 1. The van der Waals surface area contributed by atoms with E-state index in [9.17, 15) is 16.8 Å². The Balaban J connectivity index is 2.39. The topological polar surface area (TPSA) is 83.5 Å². The van der Waals surface area contributed by atoms with Crippen molar-refractivity contribution in [3.8, 4) is 0 Å². The van der Waals surface area contributed by atoms with Crippen molar-refractivity contribution < 1.29 is 16.8 Å². The standard InChI is InChI=1S/C13H20N2O4S2/c1-3-20(16,17)12-5-4-6-13(9-12)21(18,19)15(2)11-7-8-14-10-11/h4-6,9,11,14H,3,7-8,10H2,1-2H3. The third-order valence-electron chi connectivity index (χ3n) is 3.77. The molecule has 1 aliphatic rings. The highest BCUT2D eigenvalue weighted by Gasteiger charge is 2.30. The number of sulfonamides is 1. The molecular formula is C13H20N2O4S2. The van der Waals surface area contributed by atoms with Crippen LogP contribution in [-0.2, 0) is 19.9 Å². The number of likely N-dealkylation sites (N-methyl/N-ethyl adjacent to an activating group) is 1. The van der Waals surface area contributed by atoms with Crippen LogP contribution < -0.4 is 5.32 Å². The van der Waals surface area contributed by atoms with Crippen LogP contribution >= 0.6 is 0 Å². The van der Waals surface area contributed by atoms with Crippen LogP contribution in [0.4, 0.5) is 0 Å². The highest BCUT2D eigenvalue weighted by molar-refractivity contribution is 7.91. The Morgan fingerprint density at radius 2 is 1.90 bits per heavy atom. The van der Waals surface area contributed by atoms with Gasteiger partial charge in [-0.2, -0.15) is 4.31 Å². The van der Waals surface area contributed by atoms with E-state index >= 15 is 0 Å². The lowest BCUT2D eigenvalue weighted by Gasteiger charge is -2.23. The van der Waals surface area contributed by atoms with Crippen LogP contribution in [0.2, 0.25) is 0 Å². The minimum Gasteiger partial charge on any atom is -0.315 e. The summed E-state index contributed by atoms with van der Waals surface area (Å²) in [5.74, 6) is -0.0567. The summed E-state index contributed by atoms with van der Waals surface area (Å²) in [5, 5.41) is 3.12. The van der Waals surface area contributed by atoms with Crippen LogP contribution in [0.3, 0.4) is 0 Å². The molecule has 2 rings (SSSR count). The zero-order valence-electron chi connectivity index (χ0n) is 12.1. The van der Waals surface area contributed by atoms with Crippen molar-refractivity contribution in [1.82, 2.24) is 9.62 Å². The minimum absolute atomic E-state index is 0.0198. The largest absolute Gasteiger partial charge is 0.315 e. The summed E-state index contributed by atoms with van der Waals surface area (Å²) in [6.45, 7) is 2.93. The maximum absolute atomic E-state index is 12.6. The van der Waals surface area contributed by atoms with Gasteiger partial charge in [-0.15, -0.1) is 0 Å². The van der Waals surface area contributed by atoms with Gasteiger partial charge in [0.25, 0.3) is 0 Å². The molecule has 21 heavy (non-hydrogen) atoms. The highest BCUT2D eigenvalue weighted by atomic mass is 32.2. The lowest BCUT2D eigenvalue weighted by Crippen LogP contribution is -2.38. The zero-order chi connectivity index (χ0) is 15.7. The second-order valence-electron chi connectivity index (χ2n) is 5.05. The van der Waals surface area contributed by atoms with Gasteiger partial charge in [0.15, 0.2) is 9.84 Å². The maximum Gasteiger partial charge on any atom is 0.243 e. The molecule has 1 unspecified atom stereocenters. The van der Waals surface area contributed by atoms with Gasteiger partial charge in [0.1, 0.15) is 0 Å². The van der Waals surface area contributed by atoms with Crippen molar-refractivity contribution in [2.75, 3.05) is 25.9 Å². The van der Waals surface area contributed by atoms with Gasteiger partial charge in [-0.3, -0.25) is 0 Å². The second kappa shape index (κ2) is 6.04. The molecule has 1 saturated heterocycles. The van der Waals surface area contributed by atoms with Crippen LogP contribution in [-0.4, -0.2) is 53.1 Å². The summed E-state index contributed by atoms with van der Waals surface area (Å²) in [5.41, 5.74) is 0. The number of hydrogen-bond donors (Lipinski definition) is 1. The van der Waals surface area contributed by atoms with Crippen molar-refractivity contribution in [3.63, 3.8) is 0 Å². The normalized spacial score (nSPS) is 20.0. The molecule has 1 aliphatic heterocycles. The predicted molar refractivity (Wildman–Crippen MR) is 80.4 cm³/mol. The lowest BCUT2D eigenvalue weighted by molar-refractivity contribution is 0.387. The molecule has 1 fully saturated rings. The molecule has 0 spiro atoms. The van der Waals surface area contributed by atoms with E-state index in [1.54, 1.807) is 0 Å². The lowest BCUT2D eigenvalue weighted by atomic mass is 10.3. The molecule has 0 aliphatic carbocycles. The molecule has 0 saturated carbocycles. The molecular weight excluding hydrogens is 312 g/mol. The Morgan fingerprint density at radius 3 is 2.48 bits per heavy atom. The van der Waals surface area contributed by atoms with E-state index in [4.69, 9.17) is 0 Å². The van der Waals surface area contributed by atoms with Crippen molar-refractivity contribution in [3.05, 3.63) is 24.3 Å². The van der Waals surface area contributed by atoms with Gasteiger partial charge in [-0.25, -0.2) is 16.8 Å². The molecule has 6 nitrogen and oxygen atoms in total. The third-order valence-corrected chi connectivity index (χ3v) is 7.41. The van der Waals surface area contributed by atoms with E-state index in [-0.39, 0.29) is 21.6 Å². The van der Waals surface area contributed by atoms with E-state index in [0.29, 0.717) is 6.54 Å². The SMILES string of the molecule is CCS(=O)(=O)c1cccc(S(=O)(=O)N(C)C2CCNC2)c1. The Bertz CT molecular complexity index is 707. The van der Waals surface area contributed by atoms with E-state index in [1.165, 1.54) is 42.5 Å². The summed E-state index contributed by atoms with van der Waals surface area (Å²) in [6.07, 6.45) is 0.753. The van der Waals surface area contributed by atoms with E-state index < -0.39 is 19.9 Å². The first-order chi connectivity index (χ1) is 9.79. The Kier molecular flexibility index (Phi) is 4.72. The first-order valence-electron chi connectivity index (χ1n) is 6.80. The molecule has 0 amide bonds. The van der Waals surface area contributed by atoms with Crippen molar-refractivity contribution in [2.45, 2.75) is 29.2 Å². The van der Waals surface area contributed by atoms with E-state index in [1.807, 2.05) is 0 Å². The Labute approximate surface area is 126 Å². The third kappa shape index (κ3) is 3.28. The summed E-state index contributed by atoms with van der Waals surface area (Å²) in [4.78, 5) is 0.0652. The van der Waals surface area contributed by atoms with Gasteiger partial charge in [-0.05, 0) is 31.2 Å². The Hall–Kier alpha value is -0.960. The fourth-order valence-electron chi connectivity index (χ4n) is 2.31. The Morgan fingerprint density at radius 1 is 1.24 bits per heavy atom.